The molecule has 0 saturated carbocycles. The van der Waals surface area contributed by atoms with Crippen LogP contribution >= 0.6 is 11.3 Å². The Morgan fingerprint density at radius 2 is 1.86 bits per heavy atom. The summed E-state index contributed by atoms with van der Waals surface area (Å²) in [7, 11) is 0. The number of fused-ring (bicyclic) bond motifs is 1. The number of benzene rings is 2. The van der Waals surface area contributed by atoms with Crippen molar-refractivity contribution in [2.24, 2.45) is 0 Å². The molecule has 1 amide bonds. The van der Waals surface area contributed by atoms with Gasteiger partial charge in [0.05, 0.1) is 5.52 Å². The van der Waals surface area contributed by atoms with Gasteiger partial charge < -0.3 is 9.67 Å². The second-order valence-corrected chi connectivity index (χ2v) is 7.45. The minimum Gasteiger partial charge on any atom is -0.506 e. The Hall–Kier alpha value is -3.52. The molecule has 0 radical (unpaired) electrons. The normalized spacial score (nSPS) is 11.0. The summed E-state index contributed by atoms with van der Waals surface area (Å²) in [6, 6.07) is 14.7. The van der Waals surface area contributed by atoms with Crippen LogP contribution in [0.15, 0.2) is 53.3 Å². The number of carbonyl (C=O) groups is 1. The molecule has 0 aliphatic heterocycles. The number of anilines is 1. The van der Waals surface area contributed by atoms with Crippen LogP contribution in [0.5, 0.6) is 5.75 Å². The maximum atomic E-state index is 12.8. The smallest absolute Gasteiger partial charge is 0.267 e. The molecule has 0 atom stereocenters. The van der Waals surface area contributed by atoms with Crippen molar-refractivity contribution in [1.29, 1.82) is 0 Å². The molecule has 2 N–H and O–H groups in total. The van der Waals surface area contributed by atoms with Gasteiger partial charge in [-0.05, 0) is 31.5 Å². The zero-order valence-corrected chi connectivity index (χ0v) is 16.7. The van der Waals surface area contributed by atoms with Crippen LogP contribution in [0.25, 0.3) is 21.5 Å². The van der Waals surface area contributed by atoms with Crippen LogP contribution in [0, 0.1) is 6.92 Å². The first-order valence-electron chi connectivity index (χ1n) is 9.06. The number of amides is 1. The number of hydrogen-bond donors (Lipinski definition) is 2. The van der Waals surface area contributed by atoms with Gasteiger partial charge in [0, 0.05) is 17.5 Å². The molecule has 4 aromatic rings. The molecular weight excluding hydrogens is 388 g/mol. The predicted octanol–water partition coefficient (Wildman–Crippen LogP) is 3.81. The maximum absolute atomic E-state index is 12.8. The van der Waals surface area contributed by atoms with Crippen molar-refractivity contribution >= 4 is 33.3 Å². The number of aryl methyl sites for hydroxylation is 2. The summed E-state index contributed by atoms with van der Waals surface area (Å²) < 4.78 is 1.46. The Labute approximate surface area is 170 Å². The van der Waals surface area contributed by atoms with Crippen molar-refractivity contribution in [2.45, 2.75) is 20.4 Å². The SMILES string of the molecule is CCn1c(=O)c(C(=O)Nc2nnc(-c3ccccc3C)s2)c(O)c2ccccc21. The lowest BCUT2D eigenvalue weighted by molar-refractivity contribution is 0.102. The summed E-state index contributed by atoms with van der Waals surface area (Å²) >= 11 is 1.20. The van der Waals surface area contributed by atoms with Crippen molar-refractivity contribution < 1.29 is 9.90 Å². The summed E-state index contributed by atoms with van der Waals surface area (Å²) in [5.74, 6) is -1.05. The van der Waals surface area contributed by atoms with Crippen LogP contribution in [-0.4, -0.2) is 25.8 Å². The number of carbonyl (C=O) groups excluding carboxylic acids is 1. The number of pyridine rings is 1. The van der Waals surface area contributed by atoms with Gasteiger partial charge in [0.15, 0.2) is 0 Å². The van der Waals surface area contributed by atoms with E-state index < -0.39 is 11.5 Å². The summed E-state index contributed by atoms with van der Waals surface area (Å²) in [5.41, 5.74) is 1.68. The third-order valence-corrected chi connectivity index (χ3v) is 5.58. The Kier molecular flexibility index (Phi) is 4.85. The molecule has 8 heteroatoms. The quantitative estimate of drug-likeness (QED) is 0.537. The third-order valence-electron chi connectivity index (χ3n) is 4.71. The lowest BCUT2D eigenvalue weighted by atomic mass is 10.1. The lowest BCUT2D eigenvalue weighted by Gasteiger charge is -2.12. The van der Waals surface area contributed by atoms with Crippen molar-refractivity contribution in [2.75, 3.05) is 5.32 Å². The fourth-order valence-corrected chi connectivity index (χ4v) is 4.09. The van der Waals surface area contributed by atoms with Crippen LogP contribution in [0.2, 0.25) is 0 Å². The minimum absolute atomic E-state index is 0.253. The number of hydrogen-bond acceptors (Lipinski definition) is 6. The molecule has 0 fully saturated rings. The largest absolute Gasteiger partial charge is 0.506 e. The van der Waals surface area contributed by atoms with Crippen LogP contribution < -0.4 is 10.9 Å². The van der Waals surface area contributed by atoms with E-state index in [1.165, 1.54) is 15.9 Å². The number of aromatic nitrogens is 3. The first-order valence-corrected chi connectivity index (χ1v) is 9.88. The average molecular weight is 406 g/mol. The molecule has 0 unspecified atom stereocenters. The fourth-order valence-electron chi connectivity index (χ4n) is 3.26. The van der Waals surface area contributed by atoms with Gasteiger partial charge in [0.25, 0.3) is 11.5 Å². The second kappa shape index (κ2) is 7.48. The van der Waals surface area contributed by atoms with Crippen molar-refractivity contribution in [3.8, 4) is 16.3 Å². The summed E-state index contributed by atoms with van der Waals surface area (Å²) in [5, 5.41) is 22.7. The van der Waals surface area contributed by atoms with E-state index >= 15 is 0 Å². The molecule has 2 heterocycles. The Balaban J connectivity index is 1.72. The van der Waals surface area contributed by atoms with Gasteiger partial charge in [-0.25, -0.2) is 0 Å². The molecule has 0 bridgehead atoms. The van der Waals surface area contributed by atoms with Crippen LogP contribution in [0.4, 0.5) is 5.13 Å². The lowest BCUT2D eigenvalue weighted by Crippen LogP contribution is -2.29. The van der Waals surface area contributed by atoms with Gasteiger partial charge in [-0.1, -0.05) is 47.7 Å². The molecule has 29 heavy (non-hydrogen) atoms. The number of para-hydroxylation sites is 1. The van der Waals surface area contributed by atoms with Crippen molar-refractivity contribution in [1.82, 2.24) is 14.8 Å². The molecule has 0 spiro atoms. The van der Waals surface area contributed by atoms with Crippen LogP contribution in [-0.2, 0) is 6.54 Å². The standard InChI is InChI=1S/C21H18N4O3S/c1-3-25-15-11-7-6-10-14(15)17(26)16(20(25)28)18(27)22-21-24-23-19(29-21)13-9-5-4-8-12(13)2/h4-11,26H,3H2,1-2H3,(H,22,24,27). The number of aromatic hydroxyl groups is 1. The van der Waals surface area contributed by atoms with E-state index in [-0.39, 0.29) is 16.4 Å². The molecule has 0 aliphatic carbocycles. The summed E-state index contributed by atoms with van der Waals surface area (Å²) in [6.45, 7) is 4.15. The van der Waals surface area contributed by atoms with E-state index in [1.54, 1.807) is 24.3 Å². The summed E-state index contributed by atoms with van der Waals surface area (Å²) in [6.07, 6.45) is 0. The van der Waals surface area contributed by atoms with E-state index in [0.717, 1.165) is 11.1 Å². The highest BCUT2D eigenvalue weighted by molar-refractivity contribution is 7.18. The highest BCUT2D eigenvalue weighted by Crippen LogP contribution is 2.30. The fraction of sp³-hybridized carbons (Fsp3) is 0.143. The van der Waals surface area contributed by atoms with Gasteiger partial charge in [-0.15, -0.1) is 10.2 Å². The molecule has 0 aliphatic rings. The molecular formula is C21H18N4O3S. The third kappa shape index (κ3) is 3.27. The monoisotopic (exact) mass is 406 g/mol. The number of nitrogens with one attached hydrogen (secondary N) is 1. The topological polar surface area (TPSA) is 97.1 Å². The maximum Gasteiger partial charge on any atom is 0.267 e. The van der Waals surface area contributed by atoms with Gasteiger partial charge in [0.1, 0.15) is 16.3 Å². The van der Waals surface area contributed by atoms with E-state index in [4.69, 9.17) is 0 Å². The van der Waals surface area contributed by atoms with Gasteiger partial charge >= 0.3 is 0 Å². The number of rotatable bonds is 4. The Morgan fingerprint density at radius 1 is 1.14 bits per heavy atom. The van der Waals surface area contributed by atoms with E-state index in [0.29, 0.717) is 22.5 Å². The highest BCUT2D eigenvalue weighted by Gasteiger charge is 2.23. The second-order valence-electron chi connectivity index (χ2n) is 6.47. The molecule has 7 nitrogen and oxygen atoms in total. The number of nitrogens with zero attached hydrogens (tertiary/aromatic N) is 3. The Bertz CT molecular complexity index is 1290. The van der Waals surface area contributed by atoms with E-state index in [1.807, 2.05) is 38.1 Å². The van der Waals surface area contributed by atoms with E-state index in [9.17, 15) is 14.7 Å². The van der Waals surface area contributed by atoms with Crippen molar-refractivity contribution in [3.63, 3.8) is 0 Å². The zero-order valence-electron chi connectivity index (χ0n) is 15.8. The predicted molar refractivity (Wildman–Crippen MR) is 114 cm³/mol. The molecule has 2 aromatic carbocycles. The van der Waals surface area contributed by atoms with Crippen molar-refractivity contribution in [3.05, 3.63) is 70.0 Å². The molecule has 4 rings (SSSR count). The van der Waals surface area contributed by atoms with Gasteiger partial charge in [-0.2, -0.15) is 0 Å². The highest BCUT2D eigenvalue weighted by atomic mass is 32.1. The Morgan fingerprint density at radius 3 is 2.62 bits per heavy atom. The average Bonchev–Trinajstić information content (AvgIpc) is 3.17. The summed E-state index contributed by atoms with van der Waals surface area (Å²) in [4.78, 5) is 25.7. The van der Waals surface area contributed by atoms with Crippen LogP contribution in [0.1, 0.15) is 22.8 Å². The van der Waals surface area contributed by atoms with E-state index in [2.05, 4.69) is 15.5 Å². The molecule has 146 valence electrons. The first kappa shape index (κ1) is 18.8. The minimum atomic E-state index is -0.715. The van der Waals surface area contributed by atoms with Gasteiger partial charge in [-0.3, -0.25) is 14.9 Å². The van der Waals surface area contributed by atoms with Gasteiger partial charge in [0.2, 0.25) is 5.13 Å². The molecule has 0 saturated heterocycles. The first-order chi connectivity index (χ1) is 14.0. The molecule has 2 aromatic heterocycles. The van der Waals surface area contributed by atoms with Crippen LogP contribution in [0.3, 0.4) is 0 Å². The zero-order chi connectivity index (χ0) is 20.5.